The van der Waals surface area contributed by atoms with Gasteiger partial charge < -0.3 is 14.5 Å². The Bertz CT molecular complexity index is 455. The number of rotatable bonds is 5. The number of hydrogen-bond donors (Lipinski definition) is 0. The van der Waals surface area contributed by atoms with Gasteiger partial charge in [-0.1, -0.05) is 12.1 Å². The van der Waals surface area contributed by atoms with E-state index in [1.165, 1.54) is 0 Å². The van der Waals surface area contributed by atoms with Gasteiger partial charge in [-0.3, -0.25) is 0 Å². The summed E-state index contributed by atoms with van der Waals surface area (Å²) in [5.74, 6) is 0. The predicted molar refractivity (Wildman–Crippen MR) is 80.9 cm³/mol. The molecule has 4 nitrogen and oxygen atoms in total. The van der Waals surface area contributed by atoms with Gasteiger partial charge in [0.25, 0.3) is 0 Å². The molecule has 1 aromatic rings. The summed E-state index contributed by atoms with van der Waals surface area (Å²) in [6, 6.07) is 10.2. The van der Waals surface area contributed by atoms with Crippen LogP contribution < -0.4 is 4.90 Å². The topological polar surface area (TPSA) is 39.5 Å². The van der Waals surface area contributed by atoms with Gasteiger partial charge in [0.2, 0.25) is 0 Å². The van der Waals surface area contributed by atoms with Crippen LogP contribution in [0.5, 0.6) is 0 Å². The van der Waals surface area contributed by atoms with Gasteiger partial charge in [0.05, 0.1) is 11.3 Å². The van der Waals surface area contributed by atoms with Crippen LogP contribution in [0, 0.1) is 11.3 Å². The molecule has 0 aromatic heterocycles. The van der Waals surface area contributed by atoms with E-state index in [9.17, 15) is 5.26 Å². The Hall–Kier alpha value is -1.57. The Morgan fingerprint density at radius 2 is 2.05 bits per heavy atom. The normalized spacial score (nSPS) is 16.7. The van der Waals surface area contributed by atoms with Gasteiger partial charge in [0.1, 0.15) is 6.07 Å². The Kier molecular flexibility index (Phi) is 5.85. The molecule has 4 heteroatoms. The van der Waals surface area contributed by atoms with Crippen molar-refractivity contribution < 1.29 is 4.74 Å². The van der Waals surface area contributed by atoms with Crippen molar-refractivity contribution in [2.24, 2.45) is 0 Å². The zero-order chi connectivity index (χ0) is 14.2. The first-order chi connectivity index (χ1) is 9.85. The summed E-state index contributed by atoms with van der Waals surface area (Å²) in [5.41, 5.74) is 1.86. The van der Waals surface area contributed by atoms with Crippen molar-refractivity contribution in [1.29, 1.82) is 5.26 Å². The Morgan fingerprint density at radius 1 is 1.20 bits per heavy atom. The molecule has 0 radical (unpaired) electrons. The number of nitrogens with zero attached hydrogens (tertiary/aromatic N) is 3. The average Bonchev–Trinajstić information content (AvgIpc) is 2.73. The molecule has 0 unspecified atom stereocenters. The molecule has 0 saturated carbocycles. The summed E-state index contributed by atoms with van der Waals surface area (Å²) in [6.45, 7) is 6.14. The lowest BCUT2D eigenvalue weighted by Gasteiger charge is -2.24. The standard InChI is InChI=1S/C16H23N3O/c1-20-13-5-9-18-8-4-10-19(12-11-18)16-7-3-2-6-15(16)14-17/h2-3,6-7H,4-5,8-13H2,1H3. The smallest absolute Gasteiger partial charge is 0.101 e. The first-order valence-corrected chi connectivity index (χ1v) is 7.30. The molecule has 0 aliphatic carbocycles. The van der Waals surface area contributed by atoms with Crippen molar-refractivity contribution >= 4 is 5.69 Å². The number of hydrogen-bond acceptors (Lipinski definition) is 4. The maximum Gasteiger partial charge on any atom is 0.101 e. The molecular weight excluding hydrogens is 250 g/mol. The third-order valence-corrected chi connectivity index (χ3v) is 3.78. The van der Waals surface area contributed by atoms with Crippen molar-refractivity contribution in [1.82, 2.24) is 4.90 Å². The van der Waals surface area contributed by atoms with Crippen LogP contribution in [0.2, 0.25) is 0 Å². The summed E-state index contributed by atoms with van der Waals surface area (Å²) in [7, 11) is 1.75. The summed E-state index contributed by atoms with van der Waals surface area (Å²) >= 11 is 0. The summed E-state index contributed by atoms with van der Waals surface area (Å²) in [5, 5.41) is 9.21. The lowest BCUT2D eigenvalue weighted by atomic mass is 10.1. The minimum absolute atomic E-state index is 0.778. The van der Waals surface area contributed by atoms with E-state index >= 15 is 0 Å². The van der Waals surface area contributed by atoms with Crippen LogP contribution in [0.1, 0.15) is 18.4 Å². The Labute approximate surface area is 121 Å². The lowest BCUT2D eigenvalue weighted by molar-refractivity contribution is 0.174. The van der Waals surface area contributed by atoms with Gasteiger partial charge >= 0.3 is 0 Å². The van der Waals surface area contributed by atoms with E-state index in [4.69, 9.17) is 4.74 Å². The molecule has 0 bridgehead atoms. The Morgan fingerprint density at radius 3 is 2.85 bits per heavy atom. The zero-order valence-electron chi connectivity index (χ0n) is 12.2. The number of nitriles is 1. The van der Waals surface area contributed by atoms with Gasteiger partial charge in [0.15, 0.2) is 0 Å². The second kappa shape index (κ2) is 7.88. The van der Waals surface area contributed by atoms with E-state index < -0.39 is 0 Å². The van der Waals surface area contributed by atoms with Crippen molar-refractivity contribution in [2.75, 3.05) is 51.3 Å². The molecule has 0 spiro atoms. The number of para-hydroxylation sites is 1. The largest absolute Gasteiger partial charge is 0.385 e. The SMILES string of the molecule is COCCCN1CCCN(c2ccccc2C#N)CC1. The van der Waals surface area contributed by atoms with Crippen molar-refractivity contribution in [3.63, 3.8) is 0 Å². The van der Waals surface area contributed by atoms with Crippen LogP contribution in [-0.4, -0.2) is 51.3 Å². The molecule has 2 rings (SSSR count). The van der Waals surface area contributed by atoms with E-state index in [1.807, 2.05) is 18.2 Å². The molecule has 1 aromatic carbocycles. The van der Waals surface area contributed by atoms with Crippen LogP contribution in [0.15, 0.2) is 24.3 Å². The number of ether oxygens (including phenoxy) is 1. The number of methoxy groups -OCH3 is 1. The highest BCUT2D eigenvalue weighted by molar-refractivity contribution is 5.59. The van der Waals surface area contributed by atoms with Crippen molar-refractivity contribution in [2.45, 2.75) is 12.8 Å². The van der Waals surface area contributed by atoms with Gasteiger partial charge in [-0.25, -0.2) is 0 Å². The van der Waals surface area contributed by atoms with Crippen LogP contribution in [-0.2, 0) is 4.74 Å². The first kappa shape index (κ1) is 14.8. The third kappa shape index (κ3) is 3.96. The molecule has 1 heterocycles. The van der Waals surface area contributed by atoms with Gasteiger partial charge in [-0.15, -0.1) is 0 Å². The highest BCUT2D eigenvalue weighted by Crippen LogP contribution is 2.21. The lowest BCUT2D eigenvalue weighted by Crippen LogP contribution is -2.32. The second-order valence-electron chi connectivity index (χ2n) is 5.16. The quantitative estimate of drug-likeness (QED) is 0.770. The van der Waals surface area contributed by atoms with E-state index in [1.54, 1.807) is 7.11 Å². The van der Waals surface area contributed by atoms with Gasteiger partial charge in [-0.2, -0.15) is 5.26 Å². The molecule has 1 aliphatic rings. The van der Waals surface area contributed by atoms with Crippen molar-refractivity contribution in [3.8, 4) is 6.07 Å². The van der Waals surface area contributed by atoms with Crippen LogP contribution in [0.3, 0.4) is 0 Å². The van der Waals surface area contributed by atoms with Gasteiger partial charge in [0, 0.05) is 39.9 Å². The minimum Gasteiger partial charge on any atom is -0.385 e. The monoisotopic (exact) mass is 273 g/mol. The van der Waals surface area contributed by atoms with Crippen LogP contribution >= 0.6 is 0 Å². The third-order valence-electron chi connectivity index (χ3n) is 3.78. The molecule has 20 heavy (non-hydrogen) atoms. The number of anilines is 1. The predicted octanol–water partition coefficient (Wildman–Crippen LogP) is 2.11. The highest BCUT2D eigenvalue weighted by Gasteiger charge is 2.16. The molecule has 1 aliphatic heterocycles. The molecule has 0 amide bonds. The number of benzene rings is 1. The minimum atomic E-state index is 0.778. The summed E-state index contributed by atoms with van der Waals surface area (Å²) < 4.78 is 5.11. The second-order valence-corrected chi connectivity index (χ2v) is 5.16. The van der Waals surface area contributed by atoms with Crippen LogP contribution in [0.4, 0.5) is 5.69 Å². The molecule has 108 valence electrons. The zero-order valence-corrected chi connectivity index (χ0v) is 12.2. The fraction of sp³-hybridized carbons (Fsp3) is 0.562. The fourth-order valence-electron chi connectivity index (χ4n) is 2.71. The summed E-state index contributed by atoms with van der Waals surface area (Å²) in [6.07, 6.45) is 2.23. The molecule has 0 N–H and O–H groups in total. The van der Waals surface area contributed by atoms with Crippen LogP contribution in [0.25, 0.3) is 0 Å². The van der Waals surface area contributed by atoms with E-state index in [-0.39, 0.29) is 0 Å². The maximum absolute atomic E-state index is 9.21. The fourth-order valence-corrected chi connectivity index (χ4v) is 2.71. The first-order valence-electron chi connectivity index (χ1n) is 7.30. The molecule has 1 saturated heterocycles. The average molecular weight is 273 g/mol. The maximum atomic E-state index is 9.21. The highest BCUT2D eigenvalue weighted by atomic mass is 16.5. The molecular formula is C16H23N3O. The van der Waals surface area contributed by atoms with E-state index in [0.717, 1.165) is 63.4 Å². The molecule has 0 atom stereocenters. The van der Waals surface area contributed by atoms with Gasteiger partial charge in [-0.05, 0) is 31.5 Å². The Balaban J connectivity index is 1.94. The van der Waals surface area contributed by atoms with Crippen molar-refractivity contribution in [3.05, 3.63) is 29.8 Å². The van der Waals surface area contributed by atoms with E-state index in [0.29, 0.717) is 0 Å². The van der Waals surface area contributed by atoms with E-state index in [2.05, 4.69) is 21.9 Å². The summed E-state index contributed by atoms with van der Waals surface area (Å²) in [4.78, 5) is 4.84. The molecule has 1 fully saturated rings.